The molecule has 1 aromatic carbocycles. The Balaban J connectivity index is 1.61. The van der Waals surface area contributed by atoms with E-state index in [1.54, 1.807) is 18.5 Å². The maximum absolute atomic E-state index is 12.2. The lowest BCUT2D eigenvalue weighted by molar-refractivity contribution is 0.0600. The molecular formula is C28H27N5O2S. The lowest BCUT2D eigenvalue weighted by Crippen LogP contribution is -2.29. The number of hydrogen-bond acceptors (Lipinski definition) is 5. The van der Waals surface area contributed by atoms with Crippen LogP contribution in [0.15, 0.2) is 79.1 Å². The van der Waals surface area contributed by atoms with Crippen molar-refractivity contribution in [1.82, 2.24) is 24.8 Å². The molecule has 0 bridgehead atoms. The first-order chi connectivity index (χ1) is 17.5. The van der Waals surface area contributed by atoms with Gasteiger partial charge in [0.2, 0.25) is 0 Å². The minimum Gasteiger partial charge on any atom is -0.465 e. The van der Waals surface area contributed by atoms with Gasteiger partial charge in [0.15, 0.2) is 5.11 Å². The number of carbonyl (C=O) groups is 1. The third-order valence-corrected chi connectivity index (χ3v) is 6.92. The van der Waals surface area contributed by atoms with Crippen molar-refractivity contribution in [2.45, 2.75) is 32.5 Å². The molecule has 0 aliphatic carbocycles. The molecule has 7 nitrogen and oxygen atoms in total. The normalized spacial score (nSPS) is 17.2. The van der Waals surface area contributed by atoms with E-state index in [1.807, 2.05) is 54.6 Å². The molecule has 4 aromatic rings. The Labute approximate surface area is 215 Å². The number of carbonyl (C=O) groups excluding carboxylic acids is 1. The maximum atomic E-state index is 12.2. The molecule has 0 saturated carbocycles. The van der Waals surface area contributed by atoms with Crippen molar-refractivity contribution in [2.24, 2.45) is 0 Å². The molecule has 182 valence electrons. The van der Waals surface area contributed by atoms with E-state index in [-0.39, 0.29) is 18.1 Å². The number of ether oxygens (including phenoxy) is 1. The van der Waals surface area contributed by atoms with E-state index in [2.05, 4.69) is 44.7 Å². The number of rotatable bonds is 6. The number of nitrogens with one attached hydrogen (secondary N) is 1. The molecule has 1 aliphatic heterocycles. The summed E-state index contributed by atoms with van der Waals surface area (Å²) >= 11 is 5.83. The summed E-state index contributed by atoms with van der Waals surface area (Å²) in [5.74, 6) is -0.360. The number of aromatic nitrogens is 3. The molecule has 2 atom stereocenters. The van der Waals surface area contributed by atoms with Crippen LogP contribution >= 0.6 is 12.2 Å². The van der Waals surface area contributed by atoms with Gasteiger partial charge in [0.25, 0.3) is 0 Å². The molecule has 0 amide bonds. The molecular weight excluding hydrogens is 470 g/mol. The second-order valence-electron chi connectivity index (χ2n) is 8.78. The van der Waals surface area contributed by atoms with E-state index in [0.29, 0.717) is 17.2 Å². The molecule has 36 heavy (non-hydrogen) atoms. The van der Waals surface area contributed by atoms with Crippen molar-refractivity contribution in [3.63, 3.8) is 0 Å². The van der Waals surface area contributed by atoms with E-state index >= 15 is 0 Å². The van der Waals surface area contributed by atoms with Gasteiger partial charge in [-0.05, 0) is 80.2 Å². The number of pyridine rings is 2. The van der Waals surface area contributed by atoms with Crippen LogP contribution in [0.5, 0.6) is 0 Å². The van der Waals surface area contributed by atoms with Crippen molar-refractivity contribution < 1.29 is 9.53 Å². The van der Waals surface area contributed by atoms with Crippen molar-refractivity contribution >= 4 is 23.3 Å². The summed E-state index contributed by atoms with van der Waals surface area (Å²) in [5, 5.41) is 4.18. The Morgan fingerprint density at radius 2 is 1.81 bits per heavy atom. The molecule has 4 heterocycles. The minimum atomic E-state index is -0.360. The lowest BCUT2D eigenvalue weighted by atomic mass is 9.96. The van der Waals surface area contributed by atoms with E-state index in [0.717, 1.165) is 34.0 Å². The predicted molar refractivity (Wildman–Crippen MR) is 142 cm³/mol. The highest BCUT2D eigenvalue weighted by atomic mass is 32.1. The van der Waals surface area contributed by atoms with E-state index in [1.165, 1.54) is 7.11 Å². The van der Waals surface area contributed by atoms with Gasteiger partial charge in [0.05, 0.1) is 42.7 Å². The molecule has 1 saturated heterocycles. The number of thiocarbonyl (C=S) groups is 1. The topological polar surface area (TPSA) is 72.3 Å². The van der Waals surface area contributed by atoms with Crippen LogP contribution in [0.2, 0.25) is 0 Å². The van der Waals surface area contributed by atoms with E-state index in [4.69, 9.17) is 17.0 Å². The summed E-state index contributed by atoms with van der Waals surface area (Å²) in [6.45, 7) is 4.74. The number of benzene rings is 1. The fourth-order valence-electron chi connectivity index (χ4n) is 4.95. The van der Waals surface area contributed by atoms with Crippen molar-refractivity contribution in [1.29, 1.82) is 0 Å². The van der Waals surface area contributed by atoms with Crippen LogP contribution in [0.1, 0.15) is 50.8 Å². The fourth-order valence-corrected chi connectivity index (χ4v) is 5.26. The van der Waals surface area contributed by atoms with Crippen LogP contribution in [-0.4, -0.2) is 37.6 Å². The predicted octanol–water partition coefficient (Wildman–Crippen LogP) is 4.84. The Morgan fingerprint density at radius 1 is 1.03 bits per heavy atom. The summed E-state index contributed by atoms with van der Waals surface area (Å²) in [4.78, 5) is 23.5. The van der Waals surface area contributed by atoms with Gasteiger partial charge in [-0.1, -0.05) is 18.2 Å². The van der Waals surface area contributed by atoms with Crippen molar-refractivity contribution in [2.75, 3.05) is 7.11 Å². The van der Waals surface area contributed by atoms with Crippen LogP contribution in [0, 0.1) is 13.8 Å². The Kier molecular flexibility index (Phi) is 6.52. The third kappa shape index (κ3) is 4.35. The first-order valence-electron chi connectivity index (χ1n) is 11.7. The number of esters is 1. The summed E-state index contributed by atoms with van der Waals surface area (Å²) in [6, 6.07) is 21.3. The number of hydrogen-bond donors (Lipinski definition) is 1. The molecule has 1 fully saturated rings. The van der Waals surface area contributed by atoms with Crippen LogP contribution in [-0.2, 0) is 11.3 Å². The van der Waals surface area contributed by atoms with E-state index in [9.17, 15) is 4.79 Å². The molecule has 8 heteroatoms. The molecule has 3 aromatic heterocycles. The monoisotopic (exact) mass is 497 g/mol. The lowest BCUT2D eigenvalue weighted by Gasteiger charge is -2.28. The quantitative estimate of drug-likeness (QED) is 0.302. The SMILES string of the molecule is COC(=O)c1cccc(-n2c(C)cc(C3C(c4ccccn4)NC(=S)N3Cc3ccccn3)c2C)c1. The first kappa shape index (κ1) is 23.7. The average molecular weight is 498 g/mol. The first-order valence-corrected chi connectivity index (χ1v) is 12.1. The smallest absolute Gasteiger partial charge is 0.337 e. The van der Waals surface area contributed by atoms with Gasteiger partial charge < -0.3 is 19.5 Å². The van der Waals surface area contributed by atoms with Gasteiger partial charge in [0.1, 0.15) is 0 Å². The zero-order valence-electron chi connectivity index (χ0n) is 20.4. The molecule has 5 rings (SSSR count). The highest BCUT2D eigenvalue weighted by molar-refractivity contribution is 7.80. The largest absolute Gasteiger partial charge is 0.465 e. The van der Waals surface area contributed by atoms with Crippen LogP contribution in [0.4, 0.5) is 0 Å². The summed E-state index contributed by atoms with van der Waals surface area (Å²) in [7, 11) is 1.39. The van der Waals surface area contributed by atoms with Gasteiger partial charge in [-0.25, -0.2) is 4.79 Å². The highest BCUT2D eigenvalue weighted by Crippen LogP contribution is 2.42. The van der Waals surface area contributed by atoms with Gasteiger partial charge >= 0.3 is 5.97 Å². The molecule has 0 spiro atoms. The zero-order chi connectivity index (χ0) is 25.2. The van der Waals surface area contributed by atoms with Gasteiger partial charge in [-0.15, -0.1) is 0 Å². The third-order valence-electron chi connectivity index (χ3n) is 6.57. The van der Waals surface area contributed by atoms with Gasteiger partial charge in [-0.2, -0.15) is 0 Å². The zero-order valence-corrected chi connectivity index (χ0v) is 21.2. The summed E-state index contributed by atoms with van der Waals surface area (Å²) in [5.41, 5.74) is 6.53. The highest BCUT2D eigenvalue weighted by Gasteiger charge is 2.41. The second kappa shape index (κ2) is 9.91. The number of nitrogens with zero attached hydrogens (tertiary/aromatic N) is 4. The summed E-state index contributed by atoms with van der Waals surface area (Å²) < 4.78 is 7.09. The number of aryl methyl sites for hydroxylation is 1. The Hall–Kier alpha value is -4.04. The number of methoxy groups -OCH3 is 1. The minimum absolute atomic E-state index is 0.0989. The molecule has 0 radical (unpaired) electrons. The van der Waals surface area contributed by atoms with Gasteiger partial charge in [0, 0.05) is 29.5 Å². The standard InChI is InChI=1S/C28H27N5O2S/c1-18-15-23(19(2)33(18)22-11-8-9-20(16-22)27(34)35-3)26-25(24-12-5-7-14-30-24)31-28(36)32(26)17-21-10-4-6-13-29-21/h4-16,25-26H,17H2,1-3H3,(H,31,36). The summed E-state index contributed by atoms with van der Waals surface area (Å²) in [6.07, 6.45) is 3.60. The fraction of sp³-hybridized carbons (Fsp3) is 0.214. The van der Waals surface area contributed by atoms with E-state index < -0.39 is 0 Å². The maximum Gasteiger partial charge on any atom is 0.337 e. The second-order valence-corrected chi connectivity index (χ2v) is 9.17. The average Bonchev–Trinajstić information content (AvgIpc) is 3.39. The van der Waals surface area contributed by atoms with Crippen LogP contribution in [0.3, 0.4) is 0 Å². The van der Waals surface area contributed by atoms with Crippen molar-refractivity contribution in [3.8, 4) is 5.69 Å². The Morgan fingerprint density at radius 3 is 2.50 bits per heavy atom. The van der Waals surface area contributed by atoms with Crippen LogP contribution in [0.25, 0.3) is 5.69 Å². The Bertz CT molecular complexity index is 1400. The molecule has 1 aliphatic rings. The van der Waals surface area contributed by atoms with Crippen LogP contribution < -0.4 is 5.32 Å². The molecule has 2 unspecified atom stereocenters. The van der Waals surface area contributed by atoms with Crippen molar-refractivity contribution in [3.05, 3.63) is 113 Å². The molecule has 1 N–H and O–H groups in total. The van der Waals surface area contributed by atoms with Gasteiger partial charge in [-0.3, -0.25) is 9.97 Å².